The number of hydrogen-bond donors (Lipinski definition) is 1. The monoisotopic (exact) mass is 397 g/mol. The largest absolute Gasteiger partial charge is 0.366 e. The lowest BCUT2D eigenvalue weighted by atomic mass is 10.2. The van der Waals surface area contributed by atoms with E-state index in [0.29, 0.717) is 30.2 Å². The van der Waals surface area contributed by atoms with E-state index in [1.54, 1.807) is 12.1 Å². The van der Waals surface area contributed by atoms with Gasteiger partial charge in [-0.25, -0.2) is 0 Å². The molecule has 0 aliphatic carbocycles. The second kappa shape index (κ2) is 9.42. The van der Waals surface area contributed by atoms with E-state index >= 15 is 0 Å². The number of piperazine rings is 1. The maximum atomic E-state index is 12.4. The van der Waals surface area contributed by atoms with Crippen LogP contribution in [0.15, 0.2) is 54.6 Å². The van der Waals surface area contributed by atoms with Crippen LogP contribution in [-0.2, 0) is 9.59 Å². The molecule has 2 aromatic carbocycles. The minimum Gasteiger partial charge on any atom is -0.366 e. The predicted octanol–water partition coefficient (Wildman–Crippen LogP) is 4.05. The van der Waals surface area contributed by atoms with Gasteiger partial charge in [0, 0.05) is 43.7 Å². The van der Waals surface area contributed by atoms with Gasteiger partial charge in [0.2, 0.25) is 11.8 Å². The third-order valence-corrected chi connectivity index (χ3v) is 4.95. The van der Waals surface area contributed by atoms with Crippen molar-refractivity contribution in [3.8, 4) is 0 Å². The van der Waals surface area contributed by atoms with Crippen LogP contribution < -0.4 is 10.2 Å². The van der Waals surface area contributed by atoms with Crippen molar-refractivity contribution in [3.05, 3.63) is 65.2 Å². The van der Waals surface area contributed by atoms with Crippen LogP contribution in [0.2, 0.25) is 5.02 Å². The van der Waals surface area contributed by atoms with E-state index in [4.69, 9.17) is 11.6 Å². The number of nitrogens with zero attached hydrogens (tertiary/aromatic N) is 2. The quantitative estimate of drug-likeness (QED) is 0.774. The van der Waals surface area contributed by atoms with Gasteiger partial charge in [-0.3, -0.25) is 9.59 Å². The SMILES string of the molecule is CCC(=O)N1CCN(c2ccc(Cl)cc2NC(=O)/C=C/c2ccccc2)CC1. The van der Waals surface area contributed by atoms with Crippen LogP contribution in [0.3, 0.4) is 0 Å². The van der Waals surface area contributed by atoms with Crippen LogP contribution >= 0.6 is 11.6 Å². The summed E-state index contributed by atoms with van der Waals surface area (Å²) in [6.45, 7) is 4.67. The van der Waals surface area contributed by atoms with Crippen molar-refractivity contribution in [2.75, 3.05) is 36.4 Å². The molecule has 3 rings (SSSR count). The lowest BCUT2D eigenvalue weighted by molar-refractivity contribution is -0.131. The van der Waals surface area contributed by atoms with Crippen LogP contribution in [0.25, 0.3) is 6.08 Å². The number of benzene rings is 2. The lowest BCUT2D eigenvalue weighted by Gasteiger charge is -2.37. The molecule has 1 heterocycles. The van der Waals surface area contributed by atoms with Gasteiger partial charge in [-0.2, -0.15) is 0 Å². The van der Waals surface area contributed by atoms with Crippen molar-refractivity contribution in [2.45, 2.75) is 13.3 Å². The smallest absolute Gasteiger partial charge is 0.248 e. The third kappa shape index (κ3) is 5.14. The van der Waals surface area contributed by atoms with Crippen LogP contribution in [0, 0.1) is 0 Å². The fourth-order valence-corrected chi connectivity index (χ4v) is 3.39. The Balaban J connectivity index is 1.70. The maximum absolute atomic E-state index is 12.4. The Labute approximate surface area is 170 Å². The van der Waals surface area contributed by atoms with Gasteiger partial charge in [0.1, 0.15) is 0 Å². The van der Waals surface area contributed by atoms with Crippen molar-refractivity contribution >= 4 is 40.9 Å². The van der Waals surface area contributed by atoms with Crippen LogP contribution in [0.4, 0.5) is 11.4 Å². The number of carbonyl (C=O) groups excluding carboxylic acids is 2. The summed E-state index contributed by atoms with van der Waals surface area (Å²) >= 11 is 6.15. The molecule has 0 radical (unpaired) electrons. The predicted molar refractivity (Wildman–Crippen MR) is 115 cm³/mol. The average Bonchev–Trinajstić information content (AvgIpc) is 2.73. The normalized spacial score (nSPS) is 14.4. The van der Waals surface area contributed by atoms with Crippen molar-refractivity contribution in [2.24, 2.45) is 0 Å². The molecule has 0 bridgehead atoms. The molecule has 0 aromatic heterocycles. The second-order valence-electron chi connectivity index (χ2n) is 6.62. The Kier molecular flexibility index (Phi) is 6.71. The first-order chi connectivity index (χ1) is 13.6. The second-order valence-corrected chi connectivity index (χ2v) is 7.05. The molecule has 146 valence electrons. The molecule has 0 spiro atoms. The fourth-order valence-electron chi connectivity index (χ4n) is 3.21. The highest BCUT2D eigenvalue weighted by molar-refractivity contribution is 6.31. The third-order valence-electron chi connectivity index (χ3n) is 4.72. The molecule has 5 nitrogen and oxygen atoms in total. The van der Waals surface area contributed by atoms with E-state index in [2.05, 4.69) is 10.2 Å². The zero-order valence-electron chi connectivity index (χ0n) is 15.9. The minimum absolute atomic E-state index is 0.176. The number of anilines is 2. The molecule has 1 N–H and O–H groups in total. The average molecular weight is 398 g/mol. The fraction of sp³-hybridized carbons (Fsp3) is 0.273. The van der Waals surface area contributed by atoms with Crippen molar-refractivity contribution in [1.29, 1.82) is 0 Å². The van der Waals surface area contributed by atoms with Crippen LogP contribution in [0.1, 0.15) is 18.9 Å². The van der Waals surface area contributed by atoms with Gasteiger partial charge in [0.15, 0.2) is 0 Å². The molecule has 6 heteroatoms. The van der Waals surface area contributed by atoms with E-state index in [-0.39, 0.29) is 11.8 Å². The van der Waals surface area contributed by atoms with Crippen LogP contribution in [0.5, 0.6) is 0 Å². The topological polar surface area (TPSA) is 52.7 Å². The molecule has 28 heavy (non-hydrogen) atoms. The first-order valence-electron chi connectivity index (χ1n) is 9.43. The number of hydrogen-bond acceptors (Lipinski definition) is 3. The van der Waals surface area contributed by atoms with Crippen molar-refractivity contribution in [3.63, 3.8) is 0 Å². The van der Waals surface area contributed by atoms with Gasteiger partial charge in [0.25, 0.3) is 0 Å². The first kappa shape index (κ1) is 20.0. The minimum atomic E-state index is -0.216. The van der Waals surface area contributed by atoms with E-state index in [1.807, 2.05) is 54.3 Å². The highest BCUT2D eigenvalue weighted by atomic mass is 35.5. The van der Waals surface area contributed by atoms with Gasteiger partial charge in [0.05, 0.1) is 11.4 Å². The van der Waals surface area contributed by atoms with Crippen molar-refractivity contribution < 1.29 is 9.59 Å². The van der Waals surface area contributed by atoms with Crippen molar-refractivity contribution in [1.82, 2.24) is 4.90 Å². The maximum Gasteiger partial charge on any atom is 0.248 e. The van der Waals surface area contributed by atoms with Gasteiger partial charge in [-0.05, 0) is 29.8 Å². The molecule has 1 aliphatic heterocycles. The molecule has 2 amide bonds. The highest BCUT2D eigenvalue weighted by Gasteiger charge is 2.22. The molecule has 1 aliphatic rings. The summed E-state index contributed by atoms with van der Waals surface area (Å²) in [5.41, 5.74) is 2.54. The Morgan fingerprint density at radius 3 is 2.46 bits per heavy atom. The summed E-state index contributed by atoms with van der Waals surface area (Å²) in [7, 11) is 0. The molecule has 2 aromatic rings. The van der Waals surface area contributed by atoms with Crippen LogP contribution in [-0.4, -0.2) is 42.9 Å². The molecule has 0 saturated carbocycles. The Morgan fingerprint density at radius 1 is 1.07 bits per heavy atom. The zero-order valence-corrected chi connectivity index (χ0v) is 16.7. The molecule has 1 fully saturated rings. The van der Waals surface area contributed by atoms with E-state index < -0.39 is 0 Å². The van der Waals surface area contributed by atoms with E-state index in [0.717, 1.165) is 24.3 Å². The molecular formula is C22H24ClN3O2. The molecular weight excluding hydrogens is 374 g/mol. The summed E-state index contributed by atoms with van der Waals surface area (Å²) in [6, 6.07) is 15.1. The summed E-state index contributed by atoms with van der Waals surface area (Å²) in [4.78, 5) is 28.3. The number of carbonyl (C=O) groups is 2. The lowest BCUT2D eigenvalue weighted by Crippen LogP contribution is -2.48. The first-order valence-corrected chi connectivity index (χ1v) is 9.81. The van der Waals surface area contributed by atoms with Gasteiger partial charge in [-0.1, -0.05) is 48.9 Å². The molecule has 0 unspecified atom stereocenters. The van der Waals surface area contributed by atoms with E-state index in [9.17, 15) is 9.59 Å². The van der Waals surface area contributed by atoms with E-state index in [1.165, 1.54) is 6.08 Å². The number of amides is 2. The van der Waals surface area contributed by atoms with Gasteiger partial charge < -0.3 is 15.1 Å². The summed E-state index contributed by atoms with van der Waals surface area (Å²) in [5.74, 6) is -0.0394. The molecule has 1 saturated heterocycles. The molecule has 0 atom stereocenters. The summed E-state index contributed by atoms with van der Waals surface area (Å²) < 4.78 is 0. The number of rotatable bonds is 5. The number of nitrogens with one attached hydrogen (secondary N) is 1. The standard InChI is InChI=1S/C22H24ClN3O2/c1-2-22(28)26-14-12-25(13-15-26)20-10-9-18(23)16-19(20)24-21(27)11-8-17-6-4-3-5-7-17/h3-11,16H,2,12-15H2,1H3,(H,24,27)/b11-8+. The Hall–Kier alpha value is -2.79. The Bertz CT molecular complexity index is 859. The highest BCUT2D eigenvalue weighted by Crippen LogP contribution is 2.30. The summed E-state index contributed by atoms with van der Waals surface area (Å²) in [6.07, 6.45) is 3.81. The zero-order chi connectivity index (χ0) is 19.9. The Morgan fingerprint density at radius 2 is 1.79 bits per heavy atom. The summed E-state index contributed by atoms with van der Waals surface area (Å²) in [5, 5.41) is 3.49. The van der Waals surface area contributed by atoms with Gasteiger partial charge >= 0.3 is 0 Å². The van der Waals surface area contributed by atoms with Gasteiger partial charge in [-0.15, -0.1) is 0 Å². The number of halogens is 1.